The number of carbonyl (C=O) groups excluding carboxylic acids is 2. The maximum Gasteiger partial charge on any atom is 0.230 e. The Morgan fingerprint density at radius 2 is 1.54 bits per heavy atom. The van der Waals surface area contributed by atoms with Gasteiger partial charge in [-0.1, -0.05) is 24.3 Å². The van der Waals surface area contributed by atoms with Crippen LogP contribution in [0.15, 0.2) is 48.5 Å². The van der Waals surface area contributed by atoms with E-state index in [1.165, 1.54) is 16.2 Å². The number of anilines is 2. The zero-order valence-corrected chi connectivity index (χ0v) is 22.6. The highest BCUT2D eigenvalue weighted by Gasteiger charge is 2.28. The second kappa shape index (κ2) is 12.2. The van der Waals surface area contributed by atoms with E-state index in [1.807, 2.05) is 24.3 Å². The average molecular weight is 530 g/mol. The van der Waals surface area contributed by atoms with Gasteiger partial charge in [0.05, 0.1) is 26.6 Å². The molecule has 0 bridgehead atoms. The number of likely N-dealkylation sites (N-methyl/N-ethyl adjacent to an activating group) is 1. The van der Waals surface area contributed by atoms with Crippen molar-refractivity contribution in [2.75, 3.05) is 57.1 Å². The summed E-state index contributed by atoms with van der Waals surface area (Å²) in [5.74, 6) is 2.12. The molecule has 0 radical (unpaired) electrons. The van der Waals surface area contributed by atoms with Crippen molar-refractivity contribution in [3.8, 4) is 5.75 Å². The largest absolute Gasteiger partial charge is 0.497 e. The molecule has 0 aliphatic carbocycles. The molecule has 2 aliphatic heterocycles. The lowest BCUT2D eigenvalue weighted by Gasteiger charge is -2.34. The number of piperazine rings is 1. The number of methoxy groups -OCH3 is 1. The quantitative estimate of drug-likeness (QED) is 0.396. The first kappa shape index (κ1) is 26.6. The van der Waals surface area contributed by atoms with E-state index in [9.17, 15) is 9.59 Å². The van der Waals surface area contributed by atoms with Crippen molar-refractivity contribution in [3.05, 3.63) is 71.3 Å². The number of rotatable bonds is 10. The van der Waals surface area contributed by atoms with Crippen molar-refractivity contribution < 1.29 is 14.3 Å². The zero-order chi connectivity index (χ0) is 27.2. The number of amides is 1. The molecule has 2 aromatic carbocycles. The van der Waals surface area contributed by atoms with E-state index in [1.54, 1.807) is 7.11 Å². The lowest BCUT2D eigenvalue weighted by molar-refractivity contribution is -0.128. The molecule has 1 amide bonds. The second-order valence-electron chi connectivity index (χ2n) is 10.1. The van der Waals surface area contributed by atoms with E-state index in [4.69, 9.17) is 4.74 Å². The number of aryl methyl sites for hydroxylation is 2. The van der Waals surface area contributed by atoms with E-state index in [0.29, 0.717) is 30.6 Å². The first-order valence-electron chi connectivity index (χ1n) is 13.4. The first-order valence-corrected chi connectivity index (χ1v) is 13.4. The summed E-state index contributed by atoms with van der Waals surface area (Å²) in [7, 11) is 3.80. The van der Waals surface area contributed by atoms with Crippen molar-refractivity contribution in [1.82, 2.24) is 24.8 Å². The lowest BCUT2D eigenvalue weighted by atomic mass is 10.1. The molecule has 3 aromatic rings. The molecule has 2 aliphatic rings. The zero-order valence-electron chi connectivity index (χ0n) is 22.6. The highest BCUT2D eigenvalue weighted by molar-refractivity contribution is 6.05. The number of benzene rings is 2. The van der Waals surface area contributed by atoms with Crippen LogP contribution in [0.25, 0.3) is 0 Å². The number of carbonyl (C=O) groups is 2. The third-order valence-electron chi connectivity index (χ3n) is 7.18. The Morgan fingerprint density at radius 1 is 0.846 bits per heavy atom. The van der Waals surface area contributed by atoms with E-state index >= 15 is 0 Å². The molecule has 0 saturated carbocycles. The summed E-state index contributed by atoms with van der Waals surface area (Å²) < 4.78 is 5.23. The molecule has 204 valence electrons. The van der Waals surface area contributed by atoms with Gasteiger partial charge in [-0.2, -0.15) is 9.97 Å². The minimum absolute atomic E-state index is 0.0510. The van der Waals surface area contributed by atoms with E-state index in [0.717, 1.165) is 43.9 Å². The molecule has 0 unspecified atom stereocenters. The van der Waals surface area contributed by atoms with Gasteiger partial charge in [-0.3, -0.25) is 9.59 Å². The maximum absolute atomic E-state index is 12.2. The molecular formula is C29H35N7O3. The lowest BCUT2D eigenvalue weighted by Crippen LogP contribution is -2.44. The Morgan fingerprint density at radius 3 is 2.21 bits per heavy atom. The summed E-state index contributed by atoms with van der Waals surface area (Å²) in [6, 6.07) is 16.5. The SMILES string of the molecule is COc1ccc(CNc2nc(CCc3ccc(N4CCN(C)CC4)cc3)nc(CN3CC(=O)CC3=O)n2)cc1. The molecule has 1 aromatic heterocycles. The van der Waals surface area contributed by atoms with Gasteiger partial charge in [0, 0.05) is 44.8 Å². The van der Waals surface area contributed by atoms with Crippen LogP contribution >= 0.6 is 0 Å². The Balaban J connectivity index is 1.26. The van der Waals surface area contributed by atoms with Crippen LogP contribution in [0.4, 0.5) is 11.6 Å². The van der Waals surface area contributed by atoms with Gasteiger partial charge in [0.2, 0.25) is 11.9 Å². The molecule has 39 heavy (non-hydrogen) atoms. The maximum atomic E-state index is 12.2. The molecular weight excluding hydrogens is 494 g/mol. The van der Waals surface area contributed by atoms with E-state index < -0.39 is 0 Å². The van der Waals surface area contributed by atoms with Gasteiger partial charge in [-0.05, 0) is 48.9 Å². The van der Waals surface area contributed by atoms with Crippen molar-refractivity contribution in [3.63, 3.8) is 0 Å². The van der Waals surface area contributed by atoms with Gasteiger partial charge < -0.3 is 24.8 Å². The summed E-state index contributed by atoms with van der Waals surface area (Å²) in [6.07, 6.45) is 1.36. The molecule has 10 heteroatoms. The van der Waals surface area contributed by atoms with Gasteiger partial charge in [0.1, 0.15) is 11.6 Å². The molecule has 3 heterocycles. The summed E-state index contributed by atoms with van der Waals surface area (Å²) in [4.78, 5) is 44.1. The number of likely N-dealkylation sites (tertiary alicyclic amines) is 1. The van der Waals surface area contributed by atoms with Crippen molar-refractivity contribution in [2.45, 2.75) is 32.4 Å². The Bertz CT molecular complexity index is 1290. The van der Waals surface area contributed by atoms with Gasteiger partial charge in [-0.25, -0.2) is 4.98 Å². The fourth-order valence-electron chi connectivity index (χ4n) is 4.80. The van der Waals surface area contributed by atoms with Crippen LogP contribution in [-0.4, -0.2) is 83.3 Å². The minimum Gasteiger partial charge on any atom is -0.497 e. The van der Waals surface area contributed by atoms with Crippen LogP contribution in [0.5, 0.6) is 5.75 Å². The normalized spacial score (nSPS) is 16.2. The number of hydrogen-bond donors (Lipinski definition) is 1. The topological polar surface area (TPSA) is 104 Å². The predicted molar refractivity (Wildman–Crippen MR) is 149 cm³/mol. The van der Waals surface area contributed by atoms with Crippen molar-refractivity contribution >= 4 is 23.3 Å². The summed E-state index contributed by atoms with van der Waals surface area (Å²) >= 11 is 0. The molecule has 5 rings (SSSR count). The highest BCUT2D eigenvalue weighted by atomic mass is 16.5. The number of ketones is 1. The van der Waals surface area contributed by atoms with E-state index in [-0.39, 0.29) is 31.2 Å². The Labute approximate surface area is 229 Å². The number of ether oxygens (including phenoxy) is 1. The van der Waals surface area contributed by atoms with Crippen LogP contribution in [0, 0.1) is 0 Å². The number of aromatic nitrogens is 3. The van der Waals surface area contributed by atoms with Crippen LogP contribution in [0.3, 0.4) is 0 Å². The van der Waals surface area contributed by atoms with Gasteiger partial charge in [0.25, 0.3) is 0 Å². The minimum atomic E-state index is -0.185. The Hall–Kier alpha value is -4.05. The summed E-state index contributed by atoms with van der Waals surface area (Å²) in [6.45, 7) is 5.07. The number of hydrogen-bond acceptors (Lipinski definition) is 9. The van der Waals surface area contributed by atoms with Crippen LogP contribution in [0.1, 0.15) is 29.2 Å². The summed E-state index contributed by atoms with van der Waals surface area (Å²) in [5, 5.41) is 3.29. The third kappa shape index (κ3) is 7.08. The number of nitrogens with zero attached hydrogens (tertiary/aromatic N) is 6. The number of nitrogens with one attached hydrogen (secondary N) is 1. The predicted octanol–water partition coefficient (Wildman–Crippen LogP) is 2.33. The monoisotopic (exact) mass is 529 g/mol. The summed E-state index contributed by atoms with van der Waals surface area (Å²) in [5.41, 5.74) is 3.52. The molecule has 1 N–H and O–H groups in total. The van der Waals surface area contributed by atoms with Crippen molar-refractivity contribution in [1.29, 1.82) is 0 Å². The Kier molecular flexibility index (Phi) is 8.31. The van der Waals surface area contributed by atoms with Crippen LogP contribution in [0.2, 0.25) is 0 Å². The van der Waals surface area contributed by atoms with E-state index in [2.05, 4.69) is 61.4 Å². The average Bonchev–Trinajstić information content (AvgIpc) is 3.27. The molecule has 0 spiro atoms. The molecule has 10 nitrogen and oxygen atoms in total. The fraction of sp³-hybridized carbons (Fsp3) is 0.414. The number of Topliss-reactive ketones (excluding diaryl/α,β-unsaturated/α-hetero) is 1. The van der Waals surface area contributed by atoms with Gasteiger partial charge in [0.15, 0.2) is 11.6 Å². The van der Waals surface area contributed by atoms with Crippen molar-refractivity contribution in [2.24, 2.45) is 0 Å². The molecule has 0 atom stereocenters. The van der Waals surface area contributed by atoms with Gasteiger partial charge >= 0.3 is 0 Å². The smallest absolute Gasteiger partial charge is 0.230 e. The van der Waals surface area contributed by atoms with Crippen LogP contribution < -0.4 is 15.0 Å². The first-order chi connectivity index (χ1) is 18.9. The fourth-order valence-corrected chi connectivity index (χ4v) is 4.80. The van der Waals surface area contributed by atoms with Gasteiger partial charge in [-0.15, -0.1) is 0 Å². The molecule has 2 saturated heterocycles. The van der Waals surface area contributed by atoms with Crippen LogP contribution in [-0.2, 0) is 35.5 Å². The standard InChI is InChI=1S/C29H35N7O3/c1-34-13-15-35(16-14-34)23-8-3-21(4-9-23)7-12-26-31-27(20-36-19-24(37)17-28(36)38)33-29(32-26)30-18-22-5-10-25(39-2)11-6-22/h3-6,8-11H,7,12-20H2,1-2H3,(H,30,31,32,33). The third-order valence-corrected chi connectivity index (χ3v) is 7.18. The molecule has 2 fully saturated rings. The highest BCUT2D eigenvalue weighted by Crippen LogP contribution is 2.19. The second-order valence-corrected chi connectivity index (χ2v) is 10.1.